The normalized spacial score (nSPS) is 10.1. The first-order chi connectivity index (χ1) is 7.43. The third-order valence-electron chi connectivity index (χ3n) is 2.00. The number of rotatable bonds is 5. The second kappa shape index (κ2) is 4.60. The van der Waals surface area contributed by atoms with Gasteiger partial charge in [-0.3, -0.25) is 14.9 Å². The first-order valence-corrected chi connectivity index (χ1v) is 4.57. The maximum absolute atomic E-state index is 10.7. The molecule has 8 nitrogen and oxygen atoms in total. The van der Waals surface area contributed by atoms with E-state index in [2.05, 4.69) is 10.4 Å². The van der Waals surface area contributed by atoms with Crippen LogP contribution in [0, 0.1) is 17.0 Å². The van der Waals surface area contributed by atoms with Crippen molar-refractivity contribution < 1.29 is 14.8 Å². The van der Waals surface area contributed by atoms with Gasteiger partial charge >= 0.3 is 11.7 Å². The number of carbonyl (C=O) groups is 1. The van der Waals surface area contributed by atoms with E-state index in [0.717, 1.165) is 0 Å². The first-order valence-electron chi connectivity index (χ1n) is 4.57. The van der Waals surface area contributed by atoms with Crippen molar-refractivity contribution in [3.05, 3.63) is 15.8 Å². The van der Waals surface area contributed by atoms with Gasteiger partial charge in [-0.25, -0.2) is 4.68 Å². The summed E-state index contributed by atoms with van der Waals surface area (Å²) in [6.07, 6.45) is -0.110. The van der Waals surface area contributed by atoms with Crippen molar-refractivity contribution in [3.63, 3.8) is 0 Å². The molecule has 0 aliphatic carbocycles. The van der Waals surface area contributed by atoms with Crippen LogP contribution in [0.15, 0.2) is 0 Å². The molecular weight excluding hydrogens is 216 g/mol. The summed E-state index contributed by atoms with van der Waals surface area (Å²) in [5, 5.41) is 25.8. The Hall–Kier alpha value is -2.12. The van der Waals surface area contributed by atoms with Gasteiger partial charge in [-0.1, -0.05) is 0 Å². The lowest BCUT2D eigenvalue weighted by atomic mass is 10.3. The smallest absolute Gasteiger partial charge is 0.333 e. The molecule has 0 atom stereocenters. The highest BCUT2D eigenvalue weighted by Crippen LogP contribution is 2.26. The summed E-state index contributed by atoms with van der Waals surface area (Å²) in [4.78, 5) is 20.5. The van der Waals surface area contributed by atoms with E-state index in [-0.39, 0.29) is 24.5 Å². The third kappa shape index (κ3) is 2.47. The van der Waals surface area contributed by atoms with Crippen molar-refractivity contribution >= 4 is 17.5 Å². The van der Waals surface area contributed by atoms with Crippen LogP contribution in [0.1, 0.15) is 12.1 Å². The van der Waals surface area contributed by atoms with Crippen LogP contribution < -0.4 is 5.32 Å². The van der Waals surface area contributed by atoms with Crippen LogP contribution in [0.3, 0.4) is 0 Å². The molecule has 0 radical (unpaired) electrons. The minimum Gasteiger partial charge on any atom is -0.481 e. The number of nitro groups is 1. The van der Waals surface area contributed by atoms with Crippen LogP contribution in [-0.4, -0.2) is 32.3 Å². The Kier molecular flexibility index (Phi) is 3.44. The summed E-state index contributed by atoms with van der Waals surface area (Å²) in [7, 11) is 1.56. The van der Waals surface area contributed by atoms with Crippen molar-refractivity contribution in [1.29, 1.82) is 0 Å². The Bertz CT molecular complexity index is 426. The van der Waals surface area contributed by atoms with Crippen LogP contribution in [-0.2, 0) is 11.8 Å². The summed E-state index contributed by atoms with van der Waals surface area (Å²) < 4.78 is 1.33. The van der Waals surface area contributed by atoms with Crippen molar-refractivity contribution in [2.24, 2.45) is 7.05 Å². The molecule has 88 valence electrons. The third-order valence-corrected chi connectivity index (χ3v) is 2.00. The van der Waals surface area contributed by atoms with Crippen LogP contribution in [0.4, 0.5) is 11.5 Å². The van der Waals surface area contributed by atoms with Crippen LogP contribution in [0.25, 0.3) is 0 Å². The van der Waals surface area contributed by atoms with E-state index < -0.39 is 10.9 Å². The van der Waals surface area contributed by atoms with Crippen LogP contribution in [0.5, 0.6) is 0 Å². The van der Waals surface area contributed by atoms with E-state index in [4.69, 9.17) is 5.11 Å². The Morgan fingerprint density at radius 1 is 1.69 bits per heavy atom. The van der Waals surface area contributed by atoms with Gasteiger partial charge in [0.1, 0.15) is 5.69 Å². The highest BCUT2D eigenvalue weighted by molar-refractivity contribution is 5.68. The molecule has 0 aromatic carbocycles. The Morgan fingerprint density at radius 3 is 2.81 bits per heavy atom. The van der Waals surface area contributed by atoms with E-state index in [1.165, 1.54) is 11.6 Å². The average Bonchev–Trinajstić information content (AvgIpc) is 2.40. The highest BCUT2D eigenvalue weighted by atomic mass is 16.6. The predicted octanol–water partition coefficient (Wildman–Crippen LogP) is 0.523. The maximum Gasteiger partial charge on any atom is 0.333 e. The van der Waals surface area contributed by atoms with Crippen molar-refractivity contribution in [2.75, 3.05) is 11.9 Å². The number of aromatic nitrogens is 2. The number of hydrogen-bond donors (Lipinski definition) is 2. The largest absolute Gasteiger partial charge is 0.481 e. The minimum absolute atomic E-state index is 0.110. The maximum atomic E-state index is 10.7. The minimum atomic E-state index is -0.964. The van der Waals surface area contributed by atoms with Crippen LogP contribution >= 0.6 is 0 Å². The van der Waals surface area contributed by atoms with Crippen molar-refractivity contribution in [3.8, 4) is 0 Å². The zero-order valence-corrected chi connectivity index (χ0v) is 8.93. The molecule has 0 aliphatic heterocycles. The van der Waals surface area contributed by atoms with E-state index in [9.17, 15) is 14.9 Å². The van der Waals surface area contributed by atoms with E-state index in [1.807, 2.05) is 0 Å². The monoisotopic (exact) mass is 228 g/mol. The number of anilines is 1. The molecule has 1 rings (SSSR count). The molecule has 0 saturated carbocycles. The molecule has 0 saturated heterocycles. The van der Waals surface area contributed by atoms with Gasteiger partial charge in [0.05, 0.1) is 11.3 Å². The molecule has 0 aliphatic rings. The van der Waals surface area contributed by atoms with Gasteiger partial charge in [0, 0.05) is 13.6 Å². The van der Waals surface area contributed by atoms with Gasteiger partial charge in [0.25, 0.3) is 0 Å². The molecule has 1 heterocycles. The number of hydrogen-bond acceptors (Lipinski definition) is 5. The second-order valence-corrected chi connectivity index (χ2v) is 3.23. The molecule has 1 aromatic rings. The number of carboxylic acid groups (broad SMARTS) is 1. The van der Waals surface area contributed by atoms with Gasteiger partial charge in [0.15, 0.2) is 0 Å². The molecule has 2 N–H and O–H groups in total. The summed E-state index contributed by atoms with van der Waals surface area (Å²) >= 11 is 0. The molecule has 16 heavy (non-hydrogen) atoms. The fraction of sp³-hybridized carbons (Fsp3) is 0.500. The van der Waals surface area contributed by atoms with Gasteiger partial charge in [-0.05, 0) is 6.92 Å². The predicted molar refractivity (Wildman–Crippen MR) is 55.3 cm³/mol. The van der Waals surface area contributed by atoms with E-state index in [1.54, 1.807) is 7.05 Å². The summed E-state index contributed by atoms with van der Waals surface area (Å²) in [6, 6.07) is 0. The Morgan fingerprint density at radius 2 is 2.31 bits per heavy atom. The lowest BCUT2D eigenvalue weighted by Crippen LogP contribution is -2.11. The van der Waals surface area contributed by atoms with Crippen molar-refractivity contribution in [1.82, 2.24) is 9.78 Å². The fourth-order valence-electron chi connectivity index (χ4n) is 1.35. The molecule has 0 fully saturated rings. The standard InChI is InChI=1S/C8H12N4O4/c1-5-7(12(15)16)8(11(2)10-5)9-4-3-6(13)14/h9H,3-4H2,1-2H3,(H,13,14). The Balaban J connectivity index is 2.86. The molecule has 8 heteroatoms. The molecule has 0 amide bonds. The molecule has 0 unspecified atom stereocenters. The van der Waals surface area contributed by atoms with Crippen LogP contribution in [0.2, 0.25) is 0 Å². The topological polar surface area (TPSA) is 110 Å². The SMILES string of the molecule is Cc1nn(C)c(NCCC(=O)O)c1[N+](=O)[O-]. The highest BCUT2D eigenvalue weighted by Gasteiger charge is 2.23. The molecule has 1 aromatic heterocycles. The number of nitrogens with zero attached hydrogens (tertiary/aromatic N) is 3. The number of nitrogens with one attached hydrogen (secondary N) is 1. The van der Waals surface area contributed by atoms with Gasteiger partial charge in [0.2, 0.25) is 5.82 Å². The first kappa shape index (κ1) is 12.0. The quantitative estimate of drug-likeness (QED) is 0.561. The van der Waals surface area contributed by atoms with Gasteiger partial charge in [-0.15, -0.1) is 0 Å². The number of carboxylic acids is 1. The lowest BCUT2D eigenvalue weighted by molar-refractivity contribution is -0.384. The summed E-state index contributed by atoms with van der Waals surface area (Å²) in [6.45, 7) is 1.65. The zero-order chi connectivity index (χ0) is 12.3. The second-order valence-electron chi connectivity index (χ2n) is 3.23. The average molecular weight is 228 g/mol. The fourth-order valence-corrected chi connectivity index (χ4v) is 1.35. The summed E-state index contributed by atoms with van der Waals surface area (Å²) in [5.74, 6) is -0.738. The molecular formula is C8H12N4O4. The lowest BCUT2D eigenvalue weighted by Gasteiger charge is -2.03. The number of aliphatic carboxylic acids is 1. The van der Waals surface area contributed by atoms with Crippen molar-refractivity contribution in [2.45, 2.75) is 13.3 Å². The summed E-state index contributed by atoms with van der Waals surface area (Å²) in [5.41, 5.74) is 0.179. The zero-order valence-electron chi connectivity index (χ0n) is 8.93. The molecule has 0 spiro atoms. The van der Waals surface area contributed by atoms with E-state index >= 15 is 0 Å². The van der Waals surface area contributed by atoms with Gasteiger partial charge < -0.3 is 10.4 Å². The molecule has 0 bridgehead atoms. The van der Waals surface area contributed by atoms with E-state index in [0.29, 0.717) is 5.69 Å². The van der Waals surface area contributed by atoms with Gasteiger partial charge in [-0.2, -0.15) is 5.10 Å². The Labute approximate surface area is 91.0 Å². The number of aryl methyl sites for hydroxylation is 2.